The molecule has 4 rings (SSSR count). The first-order valence-electron chi connectivity index (χ1n) is 12.2. The van der Waals surface area contributed by atoms with Crippen LogP contribution in [0.5, 0.6) is 11.5 Å². The Balaban J connectivity index is 1.87. The van der Waals surface area contributed by atoms with Gasteiger partial charge < -0.3 is 19.3 Å². The molecule has 1 aliphatic rings. The van der Waals surface area contributed by atoms with E-state index in [0.29, 0.717) is 44.1 Å². The molecule has 0 saturated heterocycles. The lowest BCUT2D eigenvalue weighted by molar-refractivity contribution is -0.140. The van der Waals surface area contributed by atoms with Gasteiger partial charge in [0.1, 0.15) is 11.5 Å². The number of carbonyl (C=O) groups excluding carboxylic acids is 1. The maximum absolute atomic E-state index is 13.8. The Morgan fingerprint density at radius 3 is 2.55 bits per heavy atom. The van der Waals surface area contributed by atoms with E-state index >= 15 is 0 Å². The highest BCUT2D eigenvalue weighted by molar-refractivity contribution is 7.07. The van der Waals surface area contributed by atoms with Crippen molar-refractivity contribution in [3.63, 3.8) is 0 Å². The second-order valence-corrected chi connectivity index (χ2v) is 9.45. The van der Waals surface area contributed by atoms with Gasteiger partial charge in [-0.05, 0) is 54.8 Å². The first-order chi connectivity index (χ1) is 18.4. The molecule has 3 aromatic rings. The summed E-state index contributed by atoms with van der Waals surface area (Å²) >= 11 is 1.24. The van der Waals surface area contributed by atoms with Crippen LogP contribution in [0.4, 0.5) is 0 Å². The highest BCUT2D eigenvalue weighted by atomic mass is 32.1. The zero-order valence-corrected chi connectivity index (χ0v) is 22.1. The predicted molar refractivity (Wildman–Crippen MR) is 142 cm³/mol. The van der Waals surface area contributed by atoms with Crippen molar-refractivity contribution in [2.24, 2.45) is 4.99 Å². The third-order valence-corrected chi connectivity index (χ3v) is 6.82. The van der Waals surface area contributed by atoms with Gasteiger partial charge in [-0.1, -0.05) is 48.9 Å². The highest BCUT2D eigenvalue weighted by Gasteiger charge is 2.34. The Labute approximate surface area is 222 Å². The van der Waals surface area contributed by atoms with Crippen molar-refractivity contribution < 1.29 is 28.9 Å². The summed E-state index contributed by atoms with van der Waals surface area (Å²) in [6.45, 7) is 3.50. The van der Waals surface area contributed by atoms with Gasteiger partial charge in [-0.25, -0.2) is 14.6 Å². The lowest BCUT2D eigenvalue weighted by atomic mass is 9.94. The lowest BCUT2D eigenvalue weighted by Crippen LogP contribution is -2.40. The van der Waals surface area contributed by atoms with Crippen LogP contribution in [0.25, 0.3) is 6.08 Å². The number of rotatable bonds is 10. The molecule has 0 fully saturated rings. The van der Waals surface area contributed by atoms with E-state index in [9.17, 15) is 14.4 Å². The Kier molecular flexibility index (Phi) is 8.42. The number of fused-ring (bicyclic) bond motifs is 1. The van der Waals surface area contributed by atoms with E-state index in [0.717, 1.165) is 12.0 Å². The number of esters is 1. The van der Waals surface area contributed by atoms with Gasteiger partial charge in [-0.2, -0.15) is 0 Å². The maximum atomic E-state index is 13.8. The Bertz CT molecular complexity index is 1550. The number of hydrogen-bond acceptors (Lipinski definition) is 8. The summed E-state index contributed by atoms with van der Waals surface area (Å²) in [6, 6.07) is 13.3. The Morgan fingerprint density at radius 2 is 1.89 bits per heavy atom. The number of carboxylic acids is 1. The number of aromatic nitrogens is 1. The zero-order chi connectivity index (χ0) is 27.2. The van der Waals surface area contributed by atoms with E-state index in [1.54, 1.807) is 55.0 Å². The molecule has 0 amide bonds. The molecule has 0 bridgehead atoms. The molecule has 0 unspecified atom stereocenters. The molecule has 10 heteroatoms. The molecule has 2 aromatic carbocycles. The zero-order valence-electron chi connectivity index (χ0n) is 21.3. The maximum Gasteiger partial charge on any atom is 0.341 e. The van der Waals surface area contributed by atoms with Crippen molar-refractivity contribution in [1.29, 1.82) is 0 Å². The topological polar surface area (TPSA) is 116 Å². The van der Waals surface area contributed by atoms with Crippen LogP contribution in [0.1, 0.15) is 43.9 Å². The van der Waals surface area contributed by atoms with Crippen molar-refractivity contribution in [1.82, 2.24) is 4.57 Å². The molecule has 9 nitrogen and oxygen atoms in total. The van der Waals surface area contributed by atoms with Crippen LogP contribution >= 0.6 is 11.3 Å². The average Bonchev–Trinajstić information content (AvgIpc) is 3.22. The van der Waals surface area contributed by atoms with Crippen LogP contribution in [0.3, 0.4) is 0 Å². The van der Waals surface area contributed by atoms with Crippen molar-refractivity contribution in [3.8, 4) is 11.5 Å². The third kappa shape index (κ3) is 5.70. The summed E-state index contributed by atoms with van der Waals surface area (Å²) in [5.74, 6) is -0.552. The fraction of sp³-hybridized carbons (Fsp3) is 0.286. The van der Waals surface area contributed by atoms with Crippen LogP contribution in [-0.2, 0) is 14.3 Å². The van der Waals surface area contributed by atoms with E-state index in [4.69, 9.17) is 24.3 Å². The van der Waals surface area contributed by atoms with E-state index in [-0.39, 0.29) is 12.2 Å². The Morgan fingerprint density at radius 1 is 1.13 bits per heavy atom. The van der Waals surface area contributed by atoms with E-state index < -0.39 is 24.6 Å². The van der Waals surface area contributed by atoms with Gasteiger partial charge in [0.2, 0.25) is 0 Å². The summed E-state index contributed by atoms with van der Waals surface area (Å²) in [6.07, 6.45) is 3.05. The van der Waals surface area contributed by atoms with Gasteiger partial charge in [0, 0.05) is 0 Å². The fourth-order valence-electron chi connectivity index (χ4n) is 4.20. The molecule has 1 N–H and O–H groups in total. The molecule has 1 aromatic heterocycles. The standard InChI is InChI=1S/C28H28N2O7S/c1-4-7-21-24(27(34)36-5-2)25(18-8-6-9-20(15-18)35-3)30-26(33)22(38-28(30)29-21)14-17-10-12-19(13-11-17)37-16-23(31)32/h6,8-15,25H,4-5,7,16H2,1-3H3,(H,31,32)/b22-14-/t25-/m0/s1. The number of nitrogens with zero attached hydrogens (tertiary/aromatic N) is 2. The normalized spacial score (nSPS) is 15.0. The molecular weight excluding hydrogens is 508 g/mol. The summed E-state index contributed by atoms with van der Waals surface area (Å²) < 4.78 is 18.0. The van der Waals surface area contributed by atoms with Crippen molar-refractivity contribution >= 4 is 29.4 Å². The predicted octanol–water partition coefficient (Wildman–Crippen LogP) is 3.05. The second-order valence-electron chi connectivity index (χ2n) is 8.44. The molecule has 1 aliphatic heterocycles. The summed E-state index contributed by atoms with van der Waals surface area (Å²) in [5, 5.41) is 8.79. The number of benzene rings is 2. The lowest BCUT2D eigenvalue weighted by Gasteiger charge is -2.26. The molecule has 0 saturated carbocycles. The molecular formula is C28H28N2O7S. The minimum atomic E-state index is -1.06. The molecule has 0 spiro atoms. The summed E-state index contributed by atoms with van der Waals surface area (Å²) in [4.78, 5) is 43.0. The molecule has 0 aliphatic carbocycles. The summed E-state index contributed by atoms with van der Waals surface area (Å²) in [7, 11) is 1.56. The van der Waals surface area contributed by atoms with Crippen molar-refractivity contribution in [2.75, 3.05) is 20.3 Å². The van der Waals surface area contributed by atoms with E-state index in [2.05, 4.69) is 0 Å². The monoisotopic (exact) mass is 536 g/mol. The SMILES string of the molecule is CCCC1=C(C(=O)OCC)[C@H](c2cccc(OC)c2)n2c(s/c(=C\c3ccc(OCC(=O)O)cc3)c2=O)=N1. The number of thiazole rings is 1. The molecule has 198 valence electrons. The number of aliphatic carboxylic acids is 1. The number of allylic oxidation sites excluding steroid dienone is 1. The minimum absolute atomic E-state index is 0.198. The van der Waals surface area contributed by atoms with Gasteiger partial charge >= 0.3 is 11.9 Å². The smallest absolute Gasteiger partial charge is 0.341 e. The quantitative estimate of drug-likeness (QED) is 0.396. The van der Waals surface area contributed by atoms with Crippen molar-refractivity contribution in [2.45, 2.75) is 32.7 Å². The number of carboxylic acid groups (broad SMARTS) is 1. The van der Waals surface area contributed by atoms with Crippen LogP contribution in [0.15, 0.2) is 69.6 Å². The van der Waals surface area contributed by atoms with Crippen molar-refractivity contribution in [3.05, 3.63) is 90.6 Å². The van der Waals surface area contributed by atoms with Gasteiger partial charge in [0.25, 0.3) is 5.56 Å². The fourth-order valence-corrected chi connectivity index (χ4v) is 5.22. The Hall–Kier alpha value is -4.18. The first kappa shape index (κ1) is 26.9. The second kappa shape index (κ2) is 11.9. The van der Waals surface area contributed by atoms with Crippen LogP contribution in [0, 0.1) is 0 Å². The molecule has 1 atom stereocenters. The number of hydrogen-bond donors (Lipinski definition) is 1. The number of methoxy groups -OCH3 is 1. The van der Waals surface area contributed by atoms with Gasteiger partial charge in [-0.15, -0.1) is 0 Å². The van der Waals surface area contributed by atoms with E-state index in [1.807, 2.05) is 25.1 Å². The van der Waals surface area contributed by atoms with Crippen LogP contribution in [0.2, 0.25) is 0 Å². The average molecular weight is 537 g/mol. The van der Waals surface area contributed by atoms with Gasteiger partial charge in [-0.3, -0.25) is 9.36 Å². The number of carbonyl (C=O) groups is 2. The highest BCUT2D eigenvalue weighted by Crippen LogP contribution is 2.33. The largest absolute Gasteiger partial charge is 0.497 e. The third-order valence-electron chi connectivity index (χ3n) is 5.84. The molecule has 38 heavy (non-hydrogen) atoms. The molecule has 2 heterocycles. The van der Waals surface area contributed by atoms with Gasteiger partial charge in [0.05, 0.1) is 35.6 Å². The van der Waals surface area contributed by atoms with E-state index in [1.165, 1.54) is 11.3 Å². The number of ether oxygens (including phenoxy) is 3. The summed E-state index contributed by atoms with van der Waals surface area (Å²) in [5.41, 5.74) is 2.11. The van der Waals surface area contributed by atoms with Gasteiger partial charge in [0.15, 0.2) is 11.4 Å². The van der Waals surface area contributed by atoms with Crippen LogP contribution in [-0.4, -0.2) is 41.9 Å². The van der Waals surface area contributed by atoms with Crippen LogP contribution < -0.4 is 24.4 Å². The molecule has 0 radical (unpaired) electrons. The first-order valence-corrected chi connectivity index (χ1v) is 13.0. The minimum Gasteiger partial charge on any atom is -0.497 e.